The van der Waals surface area contributed by atoms with Crippen LogP contribution in [0.5, 0.6) is 0 Å². The van der Waals surface area contributed by atoms with E-state index in [4.69, 9.17) is 0 Å². The summed E-state index contributed by atoms with van der Waals surface area (Å²) in [5, 5.41) is 11.9. The van der Waals surface area contributed by atoms with Crippen LogP contribution in [0.15, 0.2) is 51.8 Å². The van der Waals surface area contributed by atoms with Crippen molar-refractivity contribution in [1.29, 1.82) is 0 Å². The Bertz CT molecular complexity index is 1190. The summed E-state index contributed by atoms with van der Waals surface area (Å²) >= 11 is 3.38. The molecular weight excluding hydrogens is 452 g/mol. The van der Waals surface area contributed by atoms with E-state index in [9.17, 15) is 23.3 Å². The van der Waals surface area contributed by atoms with E-state index in [0.717, 1.165) is 38.8 Å². The molecule has 0 radical (unpaired) electrons. The Morgan fingerprint density at radius 3 is 2.68 bits per heavy atom. The van der Waals surface area contributed by atoms with Crippen LogP contribution in [0.1, 0.15) is 11.3 Å². The molecule has 1 aromatic heterocycles. The fraction of sp³-hybridized carbons (Fsp3) is 0.118. The second kappa shape index (κ2) is 7.70. The van der Waals surface area contributed by atoms with Crippen LogP contribution in [0.2, 0.25) is 0 Å². The number of amides is 1. The standard InChI is InChI=1S/C17H15BrN4O5S/c1-10-12(13-8-11(18)6-7-14(13)19-10)9-17(23)20-21-28(26,27)16-5-3-2-4-15(16)22(24)25/h2-8,19,21H,9H2,1H3,(H,20,23). The quantitative estimate of drug-likeness (QED) is 0.379. The SMILES string of the molecule is Cc1[nH]c2ccc(Br)cc2c1CC(=O)NNS(=O)(=O)c1ccccc1[N+](=O)[O-]. The van der Waals surface area contributed by atoms with Crippen LogP contribution in [0, 0.1) is 17.0 Å². The fourth-order valence-corrected chi connectivity index (χ4v) is 4.20. The highest BCUT2D eigenvalue weighted by Crippen LogP contribution is 2.26. The van der Waals surface area contributed by atoms with Gasteiger partial charge in [-0.1, -0.05) is 28.1 Å². The first-order chi connectivity index (χ1) is 13.2. The number of nitro groups is 1. The molecule has 0 aliphatic rings. The van der Waals surface area contributed by atoms with Gasteiger partial charge in [-0.15, -0.1) is 4.83 Å². The Hall–Kier alpha value is -2.76. The molecule has 28 heavy (non-hydrogen) atoms. The van der Waals surface area contributed by atoms with Gasteiger partial charge in [-0.25, -0.2) is 8.42 Å². The maximum absolute atomic E-state index is 12.3. The van der Waals surface area contributed by atoms with E-state index >= 15 is 0 Å². The predicted octanol–water partition coefficient (Wildman–Crippen LogP) is 2.70. The molecule has 3 rings (SSSR count). The van der Waals surface area contributed by atoms with Crippen molar-refractivity contribution in [2.45, 2.75) is 18.2 Å². The second-order valence-electron chi connectivity index (χ2n) is 5.97. The van der Waals surface area contributed by atoms with E-state index < -0.39 is 31.4 Å². The Morgan fingerprint density at radius 2 is 1.96 bits per heavy atom. The number of H-pyrrole nitrogens is 1. The van der Waals surface area contributed by atoms with Gasteiger partial charge in [-0.3, -0.25) is 20.3 Å². The molecule has 1 heterocycles. The van der Waals surface area contributed by atoms with Gasteiger partial charge in [-0.2, -0.15) is 0 Å². The third-order valence-corrected chi connectivity index (χ3v) is 5.88. The average molecular weight is 467 g/mol. The number of rotatable bonds is 6. The number of aryl methyl sites for hydroxylation is 1. The molecule has 3 N–H and O–H groups in total. The van der Waals surface area contributed by atoms with Crippen LogP contribution < -0.4 is 10.3 Å². The van der Waals surface area contributed by atoms with Crippen LogP contribution in [0.4, 0.5) is 5.69 Å². The summed E-state index contributed by atoms with van der Waals surface area (Å²) < 4.78 is 25.5. The van der Waals surface area contributed by atoms with Gasteiger partial charge in [0, 0.05) is 27.1 Å². The summed E-state index contributed by atoms with van der Waals surface area (Å²) in [5.41, 5.74) is 3.88. The number of hydrogen-bond donors (Lipinski definition) is 3. The molecule has 0 saturated heterocycles. The molecule has 0 spiro atoms. The van der Waals surface area contributed by atoms with Crippen molar-refractivity contribution in [3.63, 3.8) is 0 Å². The molecule has 2 aromatic carbocycles. The zero-order chi connectivity index (χ0) is 20.5. The van der Waals surface area contributed by atoms with Crippen LogP contribution in [0.25, 0.3) is 10.9 Å². The first-order valence-electron chi connectivity index (χ1n) is 8.00. The van der Waals surface area contributed by atoms with Crippen molar-refractivity contribution in [3.8, 4) is 0 Å². The molecule has 0 aliphatic carbocycles. The van der Waals surface area contributed by atoms with E-state index in [1.165, 1.54) is 12.1 Å². The highest BCUT2D eigenvalue weighted by Gasteiger charge is 2.25. The van der Waals surface area contributed by atoms with Crippen molar-refractivity contribution in [2.24, 2.45) is 0 Å². The normalized spacial score (nSPS) is 11.5. The summed E-state index contributed by atoms with van der Waals surface area (Å²) in [5.74, 6) is -0.605. The maximum atomic E-state index is 12.3. The van der Waals surface area contributed by atoms with E-state index in [1.807, 2.05) is 30.0 Å². The highest BCUT2D eigenvalue weighted by molar-refractivity contribution is 9.10. The number of nitro benzene ring substituents is 1. The molecule has 0 saturated carbocycles. The van der Waals surface area contributed by atoms with Crippen molar-refractivity contribution < 1.29 is 18.1 Å². The molecule has 0 atom stereocenters. The number of carbonyl (C=O) groups is 1. The number of hydrogen-bond acceptors (Lipinski definition) is 5. The molecular formula is C17H15BrN4O5S. The second-order valence-corrected chi connectivity index (χ2v) is 8.54. The first-order valence-corrected chi connectivity index (χ1v) is 10.3. The number of carbonyl (C=O) groups excluding carboxylic acids is 1. The summed E-state index contributed by atoms with van der Waals surface area (Å²) in [4.78, 5) is 27.1. The van der Waals surface area contributed by atoms with E-state index in [-0.39, 0.29) is 6.42 Å². The zero-order valence-electron chi connectivity index (χ0n) is 14.5. The van der Waals surface area contributed by atoms with Crippen LogP contribution in [0.3, 0.4) is 0 Å². The number of hydrazine groups is 1. The topological polar surface area (TPSA) is 134 Å². The Labute approximate surface area is 168 Å². The first kappa shape index (κ1) is 20.0. The van der Waals surface area contributed by atoms with Gasteiger partial charge in [-0.05, 0) is 36.8 Å². The minimum atomic E-state index is -4.31. The van der Waals surface area contributed by atoms with E-state index in [2.05, 4.69) is 26.3 Å². The number of benzene rings is 2. The molecule has 11 heteroatoms. The van der Waals surface area contributed by atoms with Gasteiger partial charge in [0.2, 0.25) is 5.91 Å². The van der Waals surface area contributed by atoms with Gasteiger partial charge in [0.1, 0.15) is 0 Å². The zero-order valence-corrected chi connectivity index (χ0v) is 16.9. The Kier molecular flexibility index (Phi) is 5.49. The maximum Gasteiger partial charge on any atom is 0.289 e. The smallest absolute Gasteiger partial charge is 0.289 e. The predicted molar refractivity (Wildman–Crippen MR) is 106 cm³/mol. The molecule has 0 unspecified atom stereocenters. The summed E-state index contributed by atoms with van der Waals surface area (Å²) in [7, 11) is -4.31. The number of nitrogens with zero attached hydrogens (tertiary/aromatic N) is 1. The van der Waals surface area contributed by atoms with Crippen LogP contribution in [-0.4, -0.2) is 24.2 Å². The van der Waals surface area contributed by atoms with Gasteiger partial charge < -0.3 is 4.98 Å². The lowest BCUT2D eigenvalue weighted by atomic mass is 10.1. The van der Waals surface area contributed by atoms with Crippen molar-refractivity contribution in [1.82, 2.24) is 15.2 Å². The molecule has 1 amide bonds. The number of para-hydroxylation sites is 1. The van der Waals surface area contributed by atoms with Crippen LogP contribution in [-0.2, 0) is 21.2 Å². The fourth-order valence-electron chi connectivity index (χ4n) is 2.80. The minimum Gasteiger partial charge on any atom is -0.358 e. The lowest BCUT2D eigenvalue weighted by molar-refractivity contribution is -0.387. The third kappa shape index (κ3) is 4.06. The van der Waals surface area contributed by atoms with Gasteiger partial charge in [0.15, 0.2) is 4.90 Å². The number of halogens is 1. The Morgan fingerprint density at radius 1 is 1.25 bits per heavy atom. The number of aromatic amines is 1. The summed E-state index contributed by atoms with van der Waals surface area (Å²) in [6, 6.07) is 10.5. The average Bonchev–Trinajstić information content (AvgIpc) is 2.95. The summed E-state index contributed by atoms with van der Waals surface area (Å²) in [6.07, 6.45) is -0.0817. The van der Waals surface area contributed by atoms with E-state index in [0.29, 0.717) is 0 Å². The molecule has 3 aromatic rings. The summed E-state index contributed by atoms with van der Waals surface area (Å²) in [6.45, 7) is 1.81. The Balaban J connectivity index is 1.77. The number of aromatic nitrogens is 1. The molecule has 0 bridgehead atoms. The van der Waals surface area contributed by atoms with Crippen molar-refractivity contribution in [3.05, 3.63) is 68.3 Å². The lowest BCUT2D eigenvalue weighted by Crippen LogP contribution is -2.42. The minimum absolute atomic E-state index is 0.0817. The van der Waals surface area contributed by atoms with Crippen LogP contribution >= 0.6 is 15.9 Å². The third-order valence-electron chi connectivity index (χ3n) is 4.10. The van der Waals surface area contributed by atoms with Crippen molar-refractivity contribution in [2.75, 3.05) is 0 Å². The number of fused-ring (bicyclic) bond motifs is 1. The molecule has 0 aliphatic heterocycles. The monoisotopic (exact) mass is 466 g/mol. The number of sulfonamides is 1. The number of nitrogens with one attached hydrogen (secondary N) is 3. The highest BCUT2D eigenvalue weighted by atomic mass is 79.9. The molecule has 146 valence electrons. The van der Waals surface area contributed by atoms with Crippen molar-refractivity contribution >= 4 is 48.5 Å². The lowest BCUT2D eigenvalue weighted by Gasteiger charge is -2.09. The van der Waals surface area contributed by atoms with Gasteiger partial charge in [0.05, 0.1) is 11.3 Å². The largest absolute Gasteiger partial charge is 0.358 e. The van der Waals surface area contributed by atoms with Gasteiger partial charge in [0.25, 0.3) is 15.7 Å². The molecule has 0 fully saturated rings. The van der Waals surface area contributed by atoms with Gasteiger partial charge >= 0.3 is 0 Å². The van der Waals surface area contributed by atoms with E-state index in [1.54, 1.807) is 0 Å². The molecule has 9 nitrogen and oxygen atoms in total.